The first-order valence-electron chi connectivity index (χ1n) is 4.27. The second-order valence-electron chi connectivity index (χ2n) is 4.26. The molecule has 2 aromatic heterocycles. The van der Waals surface area contributed by atoms with Gasteiger partial charge in [-0.25, -0.2) is 4.98 Å². The molecule has 0 aromatic carbocycles. The van der Waals surface area contributed by atoms with Crippen LogP contribution in [0.1, 0.15) is 25.8 Å². The number of fused-ring (bicyclic) bond motifs is 1. The Morgan fingerprint density at radius 1 is 1.38 bits per heavy atom. The highest BCUT2D eigenvalue weighted by Gasteiger charge is 2.19. The van der Waals surface area contributed by atoms with Crippen molar-refractivity contribution in [3.63, 3.8) is 0 Å². The maximum Gasteiger partial charge on any atom is 0.165 e. The van der Waals surface area contributed by atoms with Crippen molar-refractivity contribution in [1.29, 1.82) is 0 Å². The van der Waals surface area contributed by atoms with E-state index >= 15 is 0 Å². The van der Waals surface area contributed by atoms with Crippen molar-refractivity contribution in [3.8, 4) is 0 Å². The topological polar surface area (TPSA) is 30.7 Å². The maximum atomic E-state index is 4.54. The molecule has 0 radical (unpaired) electrons. The second kappa shape index (κ2) is 2.54. The zero-order valence-electron chi connectivity index (χ0n) is 8.33. The molecule has 2 heterocycles. The molecule has 2 aromatic rings. The lowest BCUT2D eigenvalue weighted by Crippen LogP contribution is -2.09. The fourth-order valence-electron chi connectivity index (χ4n) is 1.15. The van der Waals surface area contributed by atoms with Gasteiger partial charge in [0.15, 0.2) is 4.83 Å². The van der Waals surface area contributed by atoms with Crippen molar-refractivity contribution in [1.82, 2.24) is 14.8 Å². The van der Waals surface area contributed by atoms with Crippen LogP contribution in [0.4, 0.5) is 0 Å². The molecule has 70 valence electrons. The van der Waals surface area contributed by atoms with Crippen LogP contribution >= 0.6 is 11.3 Å². The first kappa shape index (κ1) is 8.69. The molecular weight excluding hydrogens is 182 g/mol. The summed E-state index contributed by atoms with van der Waals surface area (Å²) in [6.45, 7) is 6.51. The summed E-state index contributed by atoms with van der Waals surface area (Å²) in [5.74, 6) is 0. The SMILES string of the molecule is Cn1cc2nc(C(C)(C)C)sc2n1. The van der Waals surface area contributed by atoms with E-state index in [2.05, 4.69) is 30.9 Å². The number of hydrogen-bond donors (Lipinski definition) is 0. The van der Waals surface area contributed by atoms with Crippen molar-refractivity contribution >= 4 is 21.7 Å². The smallest absolute Gasteiger partial charge is 0.165 e. The van der Waals surface area contributed by atoms with Gasteiger partial charge in [0.05, 0.1) is 6.20 Å². The van der Waals surface area contributed by atoms with E-state index in [-0.39, 0.29) is 5.41 Å². The zero-order valence-corrected chi connectivity index (χ0v) is 9.14. The number of nitrogens with zero attached hydrogens (tertiary/aromatic N) is 3. The molecule has 0 bridgehead atoms. The molecular formula is C9H13N3S. The molecule has 0 atom stereocenters. The van der Waals surface area contributed by atoms with E-state index in [9.17, 15) is 0 Å². The fraction of sp³-hybridized carbons (Fsp3) is 0.556. The monoisotopic (exact) mass is 195 g/mol. The standard InChI is InChI=1S/C9H13N3S/c1-9(2,3)8-10-6-5-12(4)11-7(6)13-8/h5H,1-4H3. The molecule has 13 heavy (non-hydrogen) atoms. The van der Waals surface area contributed by atoms with E-state index < -0.39 is 0 Å². The van der Waals surface area contributed by atoms with E-state index in [0.717, 1.165) is 15.4 Å². The van der Waals surface area contributed by atoms with Gasteiger partial charge in [-0.1, -0.05) is 32.1 Å². The Bertz CT molecular complexity index is 402. The number of rotatable bonds is 0. The van der Waals surface area contributed by atoms with Gasteiger partial charge in [0, 0.05) is 12.5 Å². The van der Waals surface area contributed by atoms with Crippen LogP contribution in [0.15, 0.2) is 6.20 Å². The minimum Gasteiger partial charge on any atom is -0.272 e. The Kier molecular flexibility index (Phi) is 1.70. The van der Waals surface area contributed by atoms with Crippen molar-refractivity contribution < 1.29 is 0 Å². The van der Waals surface area contributed by atoms with Crippen molar-refractivity contribution in [2.24, 2.45) is 7.05 Å². The van der Waals surface area contributed by atoms with Gasteiger partial charge < -0.3 is 0 Å². The van der Waals surface area contributed by atoms with Crippen LogP contribution in [0, 0.1) is 0 Å². The third-order valence-electron chi connectivity index (χ3n) is 1.83. The molecule has 0 aliphatic carbocycles. The average Bonchev–Trinajstić information content (AvgIpc) is 2.40. The van der Waals surface area contributed by atoms with Gasteiger partial charge in [-0.2, -0.15) is 5.10 Å². The fourth-order valence-corrected chi connectivity index (χ4v) is 2.16. The lowest BCUT2D eigenvalue weighted by Gasteiger charge is -2.13. The summed E-state index contributed by atoms with van der Waals surface area (Å²) < 4.78 is 1.81. The minimum atomic E-state index is 0.136. The van der Waals surface area contributed by atoms with Crippen LogP contribution in [-0.2, 0) is 12.5 Å². The molecule has 0 saturated heterocycles. The first-order valence-corrected chi connectivity index (χ1v) is 5.09. The van der Waals surface area contributed by atoms with Crippen molar-refractivity contribution in [2.45, 2.75) is 26.2 Å². The van der Waals surface area contributed by atoms with Gasteiger partial charge in [-0.15, -0.1) is 0 Å². The van der Waals surface area contributed by atoms with Crippen molar-refractivity contribution in [2.75, 3.05) is 0 Å². The Morgan fingerprint density at radius 3 is 2.62 bits per heavy atom. The summed E-state index contributed by atoms with van der Waals surface area (Å²) >= 11 is 1.68. The predicted molar refractivity (Wildman–Crippen MR) is 55.1 cm³/mol. The molecule has 0 N–H and O–H groups in total. The van der Waals surface area contributed by atoms with E-state index in [1.165, 1.54) is 0 Å². The second-order valence-corrected chi connectivity index (χ2v) is 5.24. The van der Waals surface area contributed by atoms with Crippen LogP contribution in [-0.4, -0.2) is 14.8 Å². The lowest BCUT2D eigenvalue weighted by molar-refractivity contribution is 0.587. The molecule has 0 aliphatic heterocycles. The van der Waals surface area contributed by atoms with Crippen LogP contribution in [0.2, 0.25) is 0 Å². The van der Waals surface area contributed by atoms with Crippen LogP contribution in [0.25, 0.3) is 10.3 Å². The molecule has 0 spiro atoms. The predicted octanol–water partition coefficient (Wildman–Crippen LogP) is 2.33. The Labute approximate surface area is 81.4 Å². The summed E-state index contributed by atoms with van der Waals surface area (Å²) in [5.41, 5.74) is 1.15. The van der Waals surface area contributed by atoms with Gasteiger partial charge in [0.1, 0.15) is 10.5 Å². The lowest BCUT2D eigenvalue weighted by atomic mass is 9.98. The summed E-state index contributed by atoms with van der Waals surface area (Å²) in [5, 5.41) is 5.48. The van der Waals surface area contributed by atoms with Crippen LogP contribution in [0.5, 0.6) is 0 Å². The number of aromatic nitrogens is 3. The Hall–Kier alpha value is -0.900. The third kappa shape index (κ3) is 1.46. The molecule has 0 unspecified atom stereocenters. The van der Waals surface area contributed by atoms with Gasteiger partial charge in [0.2, 0.25) is 0 Å². The van der Waals surface area contributed by atoms with E-state index in [1.807, 2.05) is 13.2 Å². The molecule has 0 amide bonds. The Balaban J connectivity index is 2.57. The highest BCUT2D eigenvalue weighted by atomic mass is 32.1. The first-order chi connectivity index (χ1) is 5.97. The van der Waals surface area contributed by atoms with E-state index in [1.54, 1.807) is 16.0 Å². The third-order valence-corrected chi connectivity index (χ3v) is 3.21. The van der Waals surface area contributed by atoms with Gasteiger partial charge >= 0.3 is 0 Å². The largest absolute Gasteiger partial charge is 0.272 e. The summed E-state index contributed by atoms with van der Waals surface area (Å²) in [4.78, 5) is 5.57. The average molecular weight is 195 g/mol. The van der Waals surface area contributed by atoms with E-state index in [0.29, 0.717) is 0 Å². The number of aryl methyl sites for hydroxylation is 1. The summed E-state index contributed by atoms with van der Waals surface area (Å²) in [6, 6.07) is 0. The molecule has 4 heteroatoms. The maximum absolute atomic E-state index is 4.54. The molecule has 2 rings (SSSR count). The minimum absolute atomic E-state index is 0.136. The number of hydrogen-bond acceptors (Lipinski definition) is 3. The van der Waals surface area contributed by atoms with Gasteiger partial charge in [0.25, 0.3) is 0 Å². The molecule has 3 nitrogen and oxygen atoms in total. The van der Waals surface area contributed by atoms with Crippen LogP contribution in [0.3, 0.4) is 0 Å². The molecule has 0 saturated carbocycles. The van der Waals surface area contributed by atoms with Crippen LogP contribution < -0.4 is 0 Å². The summed E-state index contributed by atoms with van der Waals surface area (Å²) in [6.07, 6.45) is 1.96. The molecule has 0 fully saturated rings. The quantitative estimate of drug-likeness (QED) is 0.646. The Morgan fingerprint density at radius 2 is 2.08 bits per heavy atom. The molecule has 0 aliphatic rings. The van der Waals surface area contributed by atoms with Gasteiger partial charge in [-0.05, 0) is 0 Å². The van der Waals surface area contributed by atoms with E-state index in [4.69, 9.17) is 0 Å². The normalized spacial score (nSPS) is 12.6. The van der Waals surface area contributed by atoms with Gasteiger partial charge in [-0.3, -0.25) is 4.68 Å². The highest BCUT2D eigenvalue weighted by molar-refractivity contribution is 7.18. The number of thiazole rings is 1. The summed E-state index contributed by atoms with van der Waals surface area (Å²) in [7, 11) is 1.92. The zero-order chi connectivity index (χ0) is 9.64. The van der Waals surface area contributed by atoms with Crippen molar-refractivity contribution in [3.05, 3.63) is 11.2 Å². The highest BCUT2D eigenvalue weighted by Crippen LogP contribution is 2.29.